The predicted octanol–water partition coefficient (Wildman–Crippen LogP) is 3.06. The highest BCUT2D eigenvalue weighted by atomic mass is 32.1. The van der Waals surface area contributed by atoms with Crippen LogP contribution in [0.2, 0.25) is 0 Å². The van der Waals surface area contributed by atoms with Crippen molar-refractivity contribution in [3.05, 3.63) is 62.7 Å². The molecular weight excluding hydrogens is 386 g/mol. The summed E-state index contributed by atoms with van der Waals surface area (Å²) < 4.78 is 5.29. The van der Waals surface area contributed by atoms with E-state index in [4.69, 9.17) is 4.52 Å². The molecule has 1 aliphatic rings. The Balaban J connectivity index is 1.39. The summed E-state index contributed by atoms with van der Waals surface area (Å²) >= 11 is 1.67. The first-order valence-electron chi connectivity index (χ1n) is 9.80. The third-order valence-corrected chi connectivity index (χ3v) is 6.36. The van der Waals surface area contributed by atoms with Gasteiger partial charge in [-0.3, -0.25) is 19.7 Å². The summed E-state index contributed by atoms with van der Waals surface area (Å²) in [6, 6.07) is -0.00520. The van der Waals surface area contributed by atoms with Crippen LogP contribution < -0.4 is 5.32 Å². The molecule has 152 valence electrons. The van der Waals surface area contributed by atoms with Crippen molar-refractivity contribution in [3.63, 3.8) is 0 Å². The Kier molecular flexibility index (Phi) is 5.73. The number of aryl methyl sites for hydroxylation is 2. The molecule has 3 aromatic heterocycles. The summed E-state index contributed by atoms with van der Waals surface area (Å²) in [5.74, 6) is 0.884. The summed E-state index contributed by atoms with van der Waals surface area (Å²) in [7, 11) is 0. The molecule has 0 fully saturated rings. The van der Waals surface area contributed by atoms with Gasteiger partial charge in [-0.15, -0.1) is 11.3 Å². The number of fused-ring (bicyclic) bond motifs is 1. The van der Waals surface area contributed by atoms with Crippen LogP contribution in [-0.4, -0.2) is 38.5 Å². The highest BCUT2D eigenvalue weighted by Crippen LogP contribution is 2.30. The van der Waals surface area contributed by atoms with Crippen LogP contribution in [0.4, 0.5) is 0 Å². The average Bonchev–Trinajstić information content (AvgIpc) is 3.27. The summed E-state index contributed by atoms with van der Waals surface area (Å²) in [5, 5.41) is 9.15. The number of carbonyl (C=O) groups excluding carboxylic acids is 1. The molecule has 4 rings (SSSR count). The van der Waals surface area contributed by atoms with Crippen LogP contribution in [0.1, 0.15) is 50.4 Å². The van der Waals surface area contributed by atoms with Gasteiger partial charge in [-0.1, -0.05) is 5.16 Å². The average molecular weight is 412 g/mol. The molecule has 0 radical (unpaired) electrons. The van der Waals surface area contributed by atoms with E-state index in [9.17, 15) is 4.79 Å². The second-order valence-corrected chi connectivity index (χ2v) is 8.55. The van der Waals surface area contributed by atoms with Crippen LogP contribution in [0.3, 0.4) is 0 Å². The smallest absolute Gasteiger partial charge is 0.252 e. The lowest BCUT2D eigenvalue weighted by atomic mass is 10.0. The van der Waals surface area contributed by atoms with Gasteiger partial charge >= 0.3 is 0 Å². The van der Waals surface area contributed by atoms with Crippen molar-refractivity contribution in [2.75, 3.05) is 6.54 Å². The number of hydrogen-bond acceptors (Lipinski definition) is 7. The molecular formula is C21H25N5O2S. The third-order valence-electron chi connectivity index (χ3n) is 5.34. The number of rotatable bonds is 6. The Morgan fingerprint density at radius 1 is 1.38 bits per heavy atom. The molecule has 0 saturated heterocycles. The van der Waals surface area contributed by atoms with Gasteiger partial charge in [-0.05, 0) is 32.8 Å². The molecule has 3 aromatic rings. The summed E-state index contributed by atoms with van der Waals surface area (Å²) in [5.41, 5.74) is 5.00. The van der Waals surface area contributed by atoms with Gasteiger partial charge in [0.25, 0.3) is 5.91 Å². The number of hydrogen-bond donors (Lipinski definition) is 1. The molecule has 29 heavy (non-hydrogen) atoms. The van der Waals surface area contributed by atoms with E-state index in [0.717, 1.165) is 48.8 Å². The monoisotopic (exact) mass is 411 g/mol. The molecule has 8 heteroatoms. The maximum absolute atomic E-state index is 12.8. The van der Waals surface area contributed by atoms with Crippen molar-refractivity contribution >= 4 is 17.2 Å². The Bertz CT molecular complexity index is 978. The zero-order valence-corrected chi connectivity index (χ0v) is 17.8. The minimum atomic E-state index is -0.00520. The fraction of sp³-hybridized carbons (Fsp3) is 0.429. The van der Waals surface area contributed by atoms with Gasteiger partial charge in [0.1, 0.15) is 5.76 Å². The number of carbonyl (C=O) groups is 1. The SMILES string of the molecule is Cc1noc(C)c1CN1CCc2c(C(=O)NC(C)Cc3cnccn3)csc2C1. The third kappa shape index (κ3) is 4.38. The zero-order chi connectivity index (χ0) is 20.4. The Labute approximate surface area is 174 Å². The first kappa shape index (κ1) is 19.7. The highest BCUT2D eigenvalue weighted by Gasteiger charge is 2.25. The van der Waals surface area contributed by atoms with Crippen molar-refractivity contribution in [2.24, 2.45) is 0 Å². The van der Waals surface area contributed by atoms with Gasteiger partial charge in [0, 0.05) is 66.5 Å². The fourth-order valence-corrected chi connectivity index (χ4v) is 4.88. The topological polar surface area (TPSA) is 84.2 Å². The molecule has 1 N–H and O–H groups in total. The van der Waals surface area contributed by atoms with Crippen LogP contribution >= 0.6 is 11.3 Å². The van der Waals surface area contributed by atoms with E-state index in [1.54, 1.807) is 29.9 Å². The molecule has 0 aromatic carbocycles. The lowest BCUT2D eigenvalue weighted by molar-refractivity contribution is 0.0938. The largest absolute Gasteiger partial charge is 0.361 e. The van der Waals surface area contributed by atoms with E-state index in [1.165, 1.54) is 16.0 Å². The summed E-state index contributed by atoms with van der Waals surface area (Å²) in [6.07, 6.45) is 6.61. The summed E-state index contributed by atoms with van der Waals surface area (Å²) in [4.78, 5) is 24.9. The van der Waals surface area contributed by atoms with Crippen LogP contribution in [0.25, 0.3) is 0 Å². The van der Waals surface area contributed by atoms with Gasteiger partial charge in [-0.2, -0.15) is 0 Å². The summed E-state index contributed by atoms with van der Waals surface area (Å²) in [6.45, 7) is 8.54. The minimum Gasteiger partial charge on any atom is -0.361 e. The molecule has 0 spiro atoms. The van der Waals surface area contributed by atoms with Crippen LogP contribution in [0.15, 0.2) is 28.5 Å². The number of amides is 1. The van der Waals surface area contributed by atoms with E-state index in [-0.39, 0.29) is 11.9 Å². The van der Waals surface area contributed by atoms with E-state index in [2.05, 4.69) is 25.3 Å². The predicted molar refractivity (Wildman–Crippen MR) is 111 cm³/mol. The first-order valence-corrected chi connectivity index (χ1v) is 10.7. The van der Waals surface area contributed by atoms with E-state index in [0.29, 0.717) is 6.42 Å². The maximum Gasteiger partial charge on any atom is 0.252 e. The zero-order valence-electron chi connectivity index (χ0n) is 16.9. The number of aromatic nitrogens is 3. The molecule has 0 bridgehead atoms. The van der Waals surface area contributed by atoms with Gasteiger partial charge < -0.3 is 9.84 Å². The number of thiophene rings is 1. The normalized spacial score (nSPS) is 15.1. The molecule has 4 heterocycles. The van der Waals surface area contributed by atoms with Gasteiger partial charge in [0.05, 0.1) is 17.0 Å². The molecule has 0 aliphatic carbocycles. The van der Waals surface area contributed by atoms with Crippen molar-refractivity contribution in [2.45, 2.75) is 52.7 Å². The standard InChI is InChI=1S/C21H25N5O2S/c1-13(8-16-9-22-5-6-23-16)24-21(27)19-12-29-20-11-26(7-4-17(19)20)10-18-14(2)25-28-15(18)3/h5-6,9,12-13H,4,7-8,10-11H2,1-3H3,(H,24,27). The quantitative estimate of drug-likeness (QED) is 0.671. The fourth-order valence-electron chi connectivity index (χ4n) is 3.76. The first-order chi connectivity index (χ1) is 14.0. The highest BCUT2D eigenvalue weighted by molar-refractivity contribution is 7.10. The maximum atomic E-state index is 12.8. The Hall–Kier alpha value is -2.58. The van der Waals surface area contributed by atoms with Crippen molar-refractivity contribution < 1.29 is 9.32 Å². The molecule has 0 saturated carbocycles. The van der Waals surface area contributed by atoms with Crippen molar-refractivity contribution in [1.29, 1.82) is 0 Å². The second kappa shape index (κ2) is 8.42. The van der Waals surface area contributed by atoms with Crippen LogP contribution in [-0.2, 0) is 25.9 Å². The number of nitrogens with one attached hydrogen (secondary N) is 1. The van der Waals surface area contributed by atoms with E-state index in [1.807, 2.05) is 26.2 Å². The van der Waals surface area contributed by atoms with Crippen molar-refractivity contribution in [1.82, 2.24) is 25.3 Å². The lowest BCUT2D eigenvalue weighted by Crippen LogP contribution is -2.35. The minimum absolute atomic E-state index is 0.00179. The van der Waals surface area contributed by atoms with E-state index >= 15 is 0 Å². The molecule has 1 aliphatic heterocycles. The van der Waals surface area contributed by atoms with Crippen molar-refractivity contribution in [3.8, 4) is 0 Å². The van der Waals surface area contributed by atoms with Gasteiger partial charge in [-0.25, -0.2) is 0 Å². The Morgan fingerprint density at radius 3 is 2.97 bits per heavy atom. The second-order valence-electron chi connectivity index (χ2n) is 7.59. The Morgan fingerprint density at radius 2 is 2.24 bits per heavy atom. The van der Waals surface area contributed by atoms with E-state index < -0.39 is 0 Å². The number of nitrogens with zero attached hydrogens (tertiary/aromatic N) is 4. The van der Waals surface area contributed by atoms with Crippen LogP contribution in [0.5, 0.6) is 0 Å². The molecule has 1 amide bonds. The lowest BCUT2D eigenvalue weighted by Gasteiger charge is -2.27. The molecule has 1 unspecified atom stereocenters. The van der Waals surface area contributed by atoms with Gasteiger partial charge in [0.2, 0.25) is 0 Å². The van der Waals surface area contributed by atoms with Crippen LogP contribution in [0, 0.1) is 13.8 Å². The molecule has 1 atom stereocenters. The van der Waals surface area contributed by atoms with Gasteiger partial charge in [0.15, 0.2) is 0 Å². The molecule has 7 nitrogen and oxygen atoms in total.